The molecule has 110 valence electrons. The van der Waals surface area contributed by atoms with Crippen LogP contribution in [0.2, 0.25) is 5.02 Å². The maximum atomic E-state index is 6.13. The van der Waals surface area contributed by atoms with Crippen molar-refractivity contribution in [3.05, 3.63) is 28.8 Å². The monoisotopic (exact) mass is 293 g/mol. The summed E-state index contributed by atoms with van der Waals surface area (Å²) >= 11 is 6.13. The van der Waals surface area contributed by atoms with Crippen molar-refractivity contribution in [2.24, 2.45) is 5.41 Å². The van der Waals surface area contributed by atoms with Crippen LogP contribution in [0.15, 0.2) is 18.2 Å². The quantitative estimate of drug-likeness (QED) is 0.861. The van der Waals surface area contributed by atoms with E-state index in [-0.39, 0.29) is 0 Å². The molecule has 3 rings (SSSR count). The van der Waals surface area contributed by atoms with E-state index in [0.29, 0.717) is 17.6 Å². The second-order valence-electron chi connectivity index (χ2n) is 6.28. The van der Waals surface area contributed by atoms with Crippen molar-refractivity contribution in [2.75, 3.05) is 11.9 Å². The van der Waals surface area contributed by atoms with Crippen molar-refractivity contribution in [2.45, 2.75) is 58.1 Å². The van der Waals surface area contributed by atoms with Gasteiger partial charge in [0.25, 0.3) is 0 Å². The molecule has 2 fully saturated rings. The molecule has 2 aliphatic rings. The lowest BCUT2D eigenvalue weighted by molar-refractivity contribution is -0.114. The van der Waals surface area contributed by atoms with Crippen molar-refractivity contribution < 1.29 is 4.74 Å². The Morgan fingerprint density at radius 2 is 2.10 bits per heavy atom. The highest BCUT2D eigenvalue weighted by molar-refractivity contribution is 6.30. The minimum absolute atomic E-state index is 0.366. The summed E-state index contributed by atoms with van der Waals surface area (Å²) in [6, 6.07) is 6.63. The number of aryl methyl sites for hydroxylation is 1. The average molecular weight is 294 g/mol. The number of hydrogen-bond donors (Lipinski definition) is 1. The van der Waals surface area contributed by atoms with Crippen molar-refractivity contribution >= 4 is 17.3 Å². The number of benzene rings is 1. The van der Waals surface area contributed by atoms with Gasteiger partial charge in [0, 0.05) is 28.8 Å². The minimum Gasteiger partial charge on any atom is -0.381 e. The van der Waals surface area contributed by atoms with Crippen LogP contribution in [0.1, 0.15) is 44.6 Å². The molecule has 0 saturated heterocycles. The van der Waals surface area contributed by atoms with E-state index in [1.54, 1.807) is 0 Å². The largest absolute Gasteiger partial charge is 0.381 e. The average Bonchev–Trinajstić information content (AvgIpc) is 2.94. The first-order valence-corrected chi connectivity index (χ1v) is 8.18. The normalized spacial score (nSPS) is 27.6. The molecule has 2 unspecified atom stereocenters. The van der Waals surface area contributed by atoms with Crippen molar-refractivity contribution in [1.29, 1.82) is 0 Å². The second kappa shape index (κ2) is 5.57. The van der Waals surface area contributed by atoms with Crippen LogP contribution in [0.5, 0.6) is 0 Å². The summed E-state index contributed by atoms with van der Waals surface area (Å²) in [4.78, 5) is 0. The Labute approximate surface area is 126 Å². The second-order valence-corrected chi connectivity index (χ2v) is 6.71. The Balaban J connectivity index is 1.76. The number of hydrogen-bond acceptors (Lipinski definition) is 2. The summed E-state index contributed by atoms with van der Waals surface area (Å²) in [7, 11) is 0. The zero-order valence-corrected chi connectivity index (χ0v) is 13.2. The smallest absolute Gasteiger partial charge is 0.0670 e. The number of rotatable bonds is 4. The molecule has 0 radical (unpaired) electrons. The molecule has 0 aliphatic heterocycles. The summed E-state index contributed by atoms with van der Waals surface area (Å²) in [5.74, 6) is 0. The van der Waals surface area contributed by atoms with E-state index < -0.39 is 0 Å². The van der Waals surface area contributed by atoms with Crippen molar-refractivity contribution in [1.82, 2.24) is 0 Å². The lowest BCUT2D eigenvalue weighted by Crippen LogP contribution is -2.60. The third kappa shape index (κ3) is 2.33. The molecule has 3 heteroatoms. The van der Waals surface area contributed by atoms with Gasteiger partial charge in [-0.15, -0.1) is 0 Å². The van der Waals surface area contributed by atoms with Gasteiger partial charge < -0.3 is 10.1 Å². The number of ether oxygens (including phenoxy) is 1. The first kappa shape index (κ1) is 14.2. The Morgan fingerprint density at radius 3 is 2.80 bits per heavy atom. The fourth-order valence-corrected chi connectivity index (χ4v) is 4.20. The van der Waals surface area contributed by atoms with Crippen LogP contribution in [-0.2, 0) is 4.74 Å². The fourth-order valence-electron chi connectivity index (χ4n) is 4.03. The predicted molar refractivity (Wildman–Crippen MR) is 84.5 cm³/mol. The van der Waals surface area contributed by atoms with Crippen LogP contribution in [0.4, 0.5) is 5.69 Å². The Kier molecular flexibility index (Phi) is 3.96. The summed E-state index contributed by atoms with van der Waals surface area (Å²) in [5, 5.41) is 4.55. The van der Waals surface area contributed by atoms with Crippen LogP contribution in [-0.4, -0.2) is 18.8 Å². The standard InChI is InChI=1S/C17H24ClNO/c1-3-20-16-11-15(17(16)8-4-5-9-17)19-14-10-13(18)7-6-12(14)2/h6-7,10,15-16,19H,3-5,8-9,11H2,1-2H3. The highest BCUT2D eigenvalue weighted by Gasteiger charge is 2.56. The molecule has 0 bridgehead atoms. The number of halogens is 1. The SMILES string of the molecule is CCOC1CC(Nc2cc(Cl)ccc2C)C12CCCC2. The van der Waals surface area contributed by atoms with Gasteiger partial charge >= 0.3 is 0 Å². The zero-order chi connectivity index (χ0) is 14.2. The van der Waals surface area contributed by atoms with Gasteiger partial charge in [0.05, 0.1) is 6.10 Å². The van der Waals surface area contributed by atoms with E-state index in [1.165, 1.54) is 36.9 Å². The molecular weight excluding hydrogens is 270 g/mol. The first-order chi connectivity index (χ1) is 9.65. The van der Waals surface area contributed by atoms with Crippen molar-refractivity contribution in [3.8, 4) is 0 Å². The fraction of sp³-hybridized carbons (Fsp3) is 0.647. The molecule has 1 aromatic rings. The van der Waals surface area contributed by atoms with Crippen LogP contribution in [0, 0.1) is 12.3 Å². The Hall–Kier alpha value is -0.730. The van der Waals surface area contributed by atoms with Gasteiger partial charge in [0.2, 0.25) is 0 Å². The molecule has 1 aromatic carbocycles. The molecule has 2 nitrogen and oxygen atoms in total. The molecule has 0 heterocycles. The van der Waals surface area contributed by atoms with Crippen LogP contribution in [0.25, 0.3) is 0 Å². The zero-order valence-electron chi connectivity index (χ0n) is 12.4. The molecular formula is C17H24ClNO. The Bertz CT molecular complexity index is 482. The summed E-state index contributed by atoms with van der Waals surface area (Å²) in [5.41, 5.74) is 2.82. The van der Waals surface area contributed by atoms with E-state index >= 15 is 0 Å². The van der Waals surface area contributed by atoms with Gasteiger partial charge in [-0.25, -0.2) is 0 Å². The summed E-state index contributed by atoms with van der Waals surface area (Å²) in [6.07, 6.45) is 6.86. The van der Waals surface area contributed by atoms with E-state index in [0.717, 1.165) is 18.1 Å². The third-order valence-corrected chi connectivity index (χ3v) is 5.45. The van der Waals surface area contributed by atoms with Gasteiger partial charge in [0.15, 0.2) is 0 Å². The predicted octanol–water partition coefficient (Wildman–Crippen LogP) is 4.80. The van der Waals surface area contributed by atoms with E-state index in [1.807, 2.05) is 12.1 Å². The van der Waals surface area contributed by atoms with Gasteiger partial charge in [-0.2, -0.15) is 0 Å². The highest BCUT2D eigenvalue weighted by atomic mass is 35.5. The molecule has 0 amide bonds. The molecule has 2 saturated carbocycles. The lowest BCUT2D eigenvalue weighted by Gasteiger charge is -2.54. The molecule has 20 heavy (non-hydrogen) atoms. The maximum Gasteiger partial charge on any atom is 0.0670 e. The Morgan fingerprint density at radius 1 is 1.35 bits per heavy atom. The molecule has 2 aliphatic carbocycles. The van der Waals surface area contributed by atoms with E-state index in [9.17, 15) is 0 Å². The van der Waals surface area contributed by atoms with Crippen LogP contribution < -0.4 is 5.32 Å². The van der Waals surface area contributed by atoms with Gasteiger partial charge in [-0.3, -0.25) is 0 Å². The van der Waals surface area contributed by atoms with Crippen molar-refractivity contribution in [3.63, 3.8) is 0 Å². The molecule has 0 aromatic heterocycles. The van der Waals surface area contributed by atoms with Gasteiger partial charge in [0.1, 0.15) is 0 Å². The molecule has 1 N–H and O–H groups in total. The molecule has 1 spiro atoms. The highest BCUT2D eigenvalue weighted by Crippen LogP contribution is 2.55. The van der Waals surface area contributed by atoms with E-state index in [4.69, 9.17) is 16.3 Å². The summed E-state index contributed by atoms with van der Waals surface area (Å²) < 4.78 is 5.97. The van der Waals surface area contributed by atoms with Crippen LogP contribution in [0.3, 0.4) is 0 Å². The van der Waals surface area contributed by atoms with Crippen LogP contribution >= 0.6 is 11.6 Å². The minimum atomic E-state index is 0.366. The third-order valence-electron chi connectivity index (χ3n) is 5.22. The summed E-state index contributed by atoms with van der Waals surface area (Å²) in [6.45, 7) is 5.07. The van der Waals surface area contributed by atoms with E-state index in [2.05, 4.69) is 25.2 Å². The molecule has 2 atom stereocenters. The van der Waals surface area contributed by atoms with Gasteiger partial charge in [-0.05, 0) is 50.8 Å². The number of anilines is 1. The first-order valence-electron chi connectivity index (χ1n) is 7.80. The van der Waals surface area contributed by atoms with Gasteiger partial charge in [-0.1, -0.05) is 30.5 Å². The topological polar surface area (TPSA) is 21.3 Å². The maximum absolute atomic E-state index is 6.13. The lowest BCUT2D eigenvalue weighted by atomic mass is 9.60. The number of nitrogens with one attached hydrogen (secondary N) is 1.